The minimum absolute atomic E-state index is 0.304. The van der Waals surface area contributed by atoms with Crippen molar-refractivity contribution in [2.75, 3.05) is 33.7 Å². The van der Waals surface area contributed by atoms with Crippen molar-refractivity contribution in [2.45, 2.75) is 26.2 Å². The standard InChI is InChI=1S/C20H27N3O3/c1-15-8-7-11-23(13-15)14-20(12-16-9-5-4-6-10-16)17(24)21(2)19(26)22(3)18(20)25/h4-6,9-10,15H,7-8,11-14H2,1-3H3/t15-/m0/s1. The normalized spacial score (nSPS) is 24.3. The van der Waals surface area contributed by atoms with Crippen molar-refractivity contribution in [3.8, 4) is 0 Å². The minimum Gasteiger partial charge on any atom is -0.301 e. The smallest absolute Gasteiger partial charge is 0.301 e. The van der Waals surface area contributed by atoms with Crippen LogP contribution in [0.2, 0.25) is 0 Å². The summed E-state index contributed by atoms with van der Waals surface area (Å²) in [6.07, 6.45) is 2.54. The molecule has 2 aliphatic rings. The van der Waals surface area contributed by atoms with Crippen LogP contribution in [-0.4, -0.2) is 66.3 Å². The number of imide groups is 2. The third-order valence-corrected chi connectivity index (χ3v) is 5.59. The first-order chi connectivity index (χ1) is 12.3. The van der Waals surface area contributed by atoms with Gasteiger partial charge in [-0.1, -0.05) is 37.3 Å². The van der Waals surface area contributed by atoms with Gasteiger partial charge in [-0.15, -0.1) is 0 Å². The molecule has 1 aromatic carbocycles. The number of hydrogen-bond acceptors (Lipinski definition) is 4. The van der Waals surface area contributed by atoms with Crippen LogP contribution in [0.5, 0.6) is 0 Å². The summed E-state index contributed by atoms with van der Waals surface area (Å²) in [5.74, 6) is -0.247. The topological polar surface area (TPSA) is 60.9 Å². The van der Waals surface area contributed by atoms with Gasteiger partial charge >= 0.3 is 6.03 Å². The Morgan fingerprint density at radius 1 is 1.04 bits per heavy atom. The summed E-state index contributed by atoms with van der Waals surface area (Å²) >= 11 is 0. The Bertz CT molecular complexity index is 680. The molecule has 140 valence electrons. The number of carbonyl (C=O) groups excluding carboxylic acids is 3. The van der Waals surface area contributed by atoms with Crippen LogP contribution in [0.3, 0.4) is 0 Å². The van der Waals surface area contributed by atoms with E-state index >= 15 is 0 Å². The average Bonchev–Trinajstić information content (AvgIpc) is 2.64. The van der Waals surface area contributed by atoms with Crippen LogP contribution in [0.4, 0.5) is 4.79 Å². The highest BCUT2D eigenvalue weighted by molar-refractivity contribution is 6.19. The molecule has 2 saturated heterocycles. The monoisotopic (exact) mass is 357 g/mol. The largest absolute Gasteiger partial charge is 0.332 e. The van der Waals surface area contributed by atoms with Gasteiger partial charge in [-0.3, -0.25) is 19.4 Å². The van der Waals surface area contributed by atoms with Gasteiger partial charge in [0.1, 0.15) is 5.41 Å². The van der Waals surface area contributed by atoms with E-state index in [1.54, 1.807) is 0 Å². The number of piperidine rings is 1. The molecule has 26 heavy (non-hydrogen) atoms. The van der Waals surface area contributed by atoms with Crippen LogP contribution < -0.4 is 0 Å². The van der Waals surface area contributed by atoms with E-state index in [2.05, 4.69) is 11.8 Å². The lowest BCUT2D eigenvalue weighted by atomic mass is 9.76. The van der Waals surface area contributed by atoms with Gasteiger partial charge < -0.3 is 4.90 Å². The molecule has 6 heteroatoms. The molecule has 0 unspecified atom stereocenters. The summed E-state index contributed by atoms with van der Waals surface area (Å²) in [4.78, 5) is 43.0. The fourth-order valence-corrected chi connectivity index (χ4v) is 4.23. The van der Waals surface area contributed by atoms with Gasteiger partial charge in [-0.25, -0.2) is 4.79 Å². The van der Waals surface area contributed by atoms with Crippen LogP contribution in [-0.2, 0) is 16.0 Å². The van der Waals surface area contributed by atoms with Crippen molar-refractivity contribution < 1.29 is 14.4 Å². The quantitative estimate of drug-likeness (QED) is 0.774. The van der Waals surface area contributed by atoms with Gasteiger partial charge in [-0.05, 0) is 37.3 Å². The first-order valence-corrected chi connectivity index (χ1v) is 9.22. The number of carbonyl (C=O) groups is 3. The molecule has 0 spiro atoms. The summed E-state index contributed by atoms with van der Waals surface area (Å²) in [7, 11) is 2.93. The van der Waals surface area contributed by atoms with Crippen molar-refractivity contribution in [1.82, 2.24) is 14.7 Å². The number of benzene rings is 1. The van der Waals surface area contributed by atoms with Crippen molar-refractivity contribution in [1.29, 1.82) is 0 Å². The highest BCUT2D eigenvalue weighted by Crippen LogP contribution is 2.34. The zero-order chi connectivity index (χ0) is 18.9. The van der Waals surface area contributed by atoms with Crippen molar-refractivity contribution >= 4 is 17.8 Å². The zero-order valence-electron chi connectivity index (χ0n) is 15.8. The molecule has 2 aliphatic heterocycles. The Kier molecular flexibility index (Phi) is 5.14. The Hall–Kier alpha value is -2.21. The molecule has 0 N–H and O–H groups in total. The third kappa shape index (κ3) is 3.26. The van der Waals surface area contributed by atoms with E-state index in [0.29, 0.717) is 18.9 Å². The Morgan fingerprint density at radius 2 is 1.65 bits per heavy atom. The molecule has 0 bridgehead atoms. The van der Waals surface area contributed by atoms with Gasteiger partial charge in [0.25, 0.3) is 0 Å². The van der Waals surface area contributed by atoms with Gasteiger partial charge in [0.2, 0.25) is 11.8 Å². The number of hydrogen-bond donors (Lipinski definition) is 0. The molecule has 3 rings (SSSR count). The summed E-state index contributed by atoms with van der Waals surface area (Å²) < 4.78 is 0. The van der Waals surface area contributed by atoms with E-state index in [1.807, 2.05) is 30.3 Å². The lowest BCUT2D eigenvalue weighted by molar-refractivity contribution is -0.159. The summed E-state index contributed by atoms with van der Waals surface area (Å²) in [6.45, 7) is 4.30. The number of likely N-dealkylation sites (tertiary alicyclic amines) is 1. The lowest BCUT2D eigenvalue weighted by Crippen LogP contribution is -2.67. The maximum atomic E-state index is 13.2. The summed E-state index contributed by atoms with van der Waals surface area (Å²) in [6, 6.07) is 9.02. The van der Waals surface area contributed by atoms with E-state index in [9.17, 15) is 14.4 Å². The van der Waals surface area contributed by atoms with Crippen LogP contribution in [0, 0.1) is 11.3 Å². The second-order valence-corrected chi connectivity index (χ2v) is 7.74. The van der Waals surface area contributed by atoms with Crippen molar-refractivity contribution in [3.63, 3.8) is 0 Å². The third-order valence-electron chi connectivity index (χ3n) is 5.59. The molecule has 0 radical (unpaired) electrons. The molecular formula is C20H27N3O3. The fourth-order valence-electron chi connectivity index (χ4n) is 4.23. The molecule has 2 fully saturated rings. The second-order valence-electron chi connectivity index (χ2n) is 7.74. The second kappa shape index (κ2) is 7.19. The Balaban J connectivity index is 1.98. The van der Waals surface area contributed by atoms with Crippen molar-refractivity contribution in [2.24, 2.45) is 11.3 Å². The molecule has 4 amide bonds. The SMILES string of the molecule is C[C@H]1CCCN(CC2(Cc3ccccc3)C(=O)N(C)C(=O)N(C)C2=O)C1. The van der Waals surface area contributed by atoms with Gasteiger partial charge in [0.15, 0.2) is 0 Å². The number of amides is 4. The number of urea groups is 1. The molecule has 2 heterocycles. The molecule has 0 aliphatic carbocycles. The van der Waals surface area contributed by atoms with Crippen LogP contribution in [0.1, 0.15) is 25.3 Å². The molecular weight excluding hydrogens is 330 g/mol. The Morgan fingerprint density at radius 3 is 2.23 bits per heavy atom. The van der Waals surface area contributed by atoms with Gasteiger partial charge in [-0.2, -0.15) is 0 Å². The molecule has 6 nitrogen and oxygen atoms in total. The van der Waals surface area contributed by atoms with Gasteiger partial charge in [0, 0.05) is 27.2 Å². The average molecular weight is 357 g/mol. The van der Waals surface area contributed by atoms with E-state index in [1.165, 1.54) is 20.5 Å². The summed E-state index contributed by atoms with van der Waals surface area (Å²) in [5, 5.41) is 0. The first-order valence-electron chi connectivity index (χ1n) is 9.22. The van der Waals surface area contributed by atoms with E-state index in [-0.39, 0.29) is 0 Å². The van der Waals surface area contributed by atoms with Gasteiger partial charge in [0.05, 0.1) is 0 Å². The highest BCUT2D eigenvalue weighted by Gasteiger charge is 2.56. The highest BCUT2D eigenvalue weighted by atomic mass is 16.2. The summed E-state index contributed by atoms with van der Waals surface area (Å²) in [5.41, 5.74) is -0.328. The van der Waals surface area contributed by atoms with Crippen LogP contribution in [0.15, 0.2) is 30.3 Å². The van der Waals surface area contributed by atoms with E-state index in [0.717, 1.165) is 34.9 Å². The number of nitrogens with zero attached hydrogens (tertiary/aromatic N) is 3. The lowest BCUT2D eigenvalue weighted by Gasteiger charge is -2.45. The molecule has 0 aromatic heterocycles. The maximum Gasteiger partial charge on any atom is 0.332 e. The first kappa shape index (κ1) is 18.6. The zero-order valence-corrected chi connectivity index (χ0v) is 15.8. The number of barbiturate groups is 1. The molecule has 1 aromatic rings. The van der Waals surface area contributed by atoms with Crippen LogP contribution in [0.25, 0.3) is 0 Å². The van der Waals surface area contributed by atoms with Crippen molar-refractivity contribution in [3.05, 3.63) is 35.9 Å². The minimum atomic E-state index is -1.25. The fraction of sp³-hybridized carbons (Fsp3) is 0.550. The van der Waals surface area contributed by atoms with E-state index < -0.39 is 23.3 Å². The predicted molar refractivity (Wildman–Crippen MR) is 98.4 cm³/mol. The molecule has 1 atom stereocenters. The number of rotatable bonds is 4. The molecule has 0 saturated carbocycles. The van der Waals surface area contributed by atoms with E-state index in [4.69, 9.17) is 0 Å². The predicted octanol–water partition coefficient (Wildman–Crippen LogP) is 2.00. The Labute approximate surface area is 154 Å². The maximum absolute atomic E-state index is 13.2. The van der Waals surface area contributed by atoms with Crippen LogP contribution >= 0.6 is 0 Å².